The maximum absolute atomic E-state index is 11.6. The summed E-state index contributed by atoms with van der Waals surface area (Å²) in [5.74, 6) is -1.23. The number of aliphatic hydroxyl groups is 1. The van der Waals surface area contributed by atoms with Crippen molar-refractivity contribution in [2.45, 2.75) is 26.3 Å². The molecule has 92 valence electrons. The molecule has 1 aliphatic rings. The number of nitrogens with zero attached hydrogens (tertiary/aromatic N) is 1. The lowest BCUT2D eigenvalue weighted by molar-refractivity contribution is -0.140. The number of likely N-dealkylation sites (tertiary alicyclic amines) is 1. The van der Waals surface area contributed by atoms with Crippen LogP contribution < -0.4 is 5.32 Å². The maximum Gasteiger partial charge on any atom is 0.328 e. The van der Waals surface area contributed by atoms with E-state index in [2.05, 4.69) is 19.2 Å². The molecule has 1 rings (SSSR count). The monoisotopic (exact) mass is 230 g/mol. The van der Waals surface area contributed by atoms with E-state index < -0.39 is 24.6 Å². The summed E-state index contributed by atoms with van der Waals surface area (Å²) in [4.78, 5) is 23.8. The maximum atomic E-state index is 11.6. The Hall–Kier alpha value is -1.30. The highest BCUT2D eigenvalue weighted by Gasteiger charge is 2.33. The number of rotatable bonds is 3. The van der Waals surface area contributed by atoms with E-state index in [0.717, 1.165) is 6.42 Å². The first-order chi connectivity index (χ1) is 7.35. The lowest BCUT2D eigenvalue weighted by Crippen LogP contribution is -2.49. The first kappa shape index (κ1) is 12.8. The third-order valence-electron chi connectivity index (χ3n) is 2.74. The van der Waals surface area contributed by atoms with E-state index in [1.807, 2.05) is 0 Å². The molecule has 6 nitrogen and oxygen atoms in total. The number of carbonyl (C=O) groups is 2. The van der Waals surface area contributed by atoms with Gasteiger partial charge in [0.2, 0.25) is 0 Å². The molecule has 1 aliphatic heterocycles. The molecule has 1 atom stereocenters. The average Bonchev–Trinajstić information content (AvgIpc) is 2.54. The van der Waals surface area contributed by atoms with Gasteiger partial charge in [0.25, 0.3) is 0 Å². The minimum absolute atomic E-state index is 0.0786. The summed E-state index contributed by atoms with van der Waals surface area (Å²) in [6.07, 6.45) is 0.900. The number of carbonyl (C=O) groups excluding carboxylic acids is 1. The average molecular weight is 230 g/mol. The molecule has 0 aromatic carbocycles. The first-order valence-corrected chi connectivity index (χ1v) is 5.25. The van der Waals surface area contributed by atoms with Gasteiger partial charge in [-0.05, 0) is 11.8 Å². The van der Waals surface area contributed by atoms with E-state index in [4.69, 9.17) is 10.2 Å². The van der Waals surface area contributed by atoms with Crippen molar-refractivity contribution in [2.75, 3.05) is 19.7 Å². The number of aliphatic hydroxyl groups excluding tert-OH is 1. The summed E-state index contributed by atoms with van der Waals surface area (Å²) in [5, 5.41) is 19.7. The van der Waals surface area contributed by atoms with Gasteiger partial charge in [-0.3, -0.25) is 0 Å². The predicted molar refractivity (Wildman–Crippen MR) is 57.0 cm³/mol. The summed E-state index contributed by atoms with van der Waals surface area (Å²) < 4.78 is 0. The smallest absolute Gasteiger partial charge is 0.328 e. The lowest BCUT2D eigenvalue weighted by Gasteiger charge is -2.22. The second kappa shape index (κ2) is 4.69. The van der Waals surface area contributed by atoms with Crippen LogP contribution in [0.2, 0.25) is 0 Å². The fourth-order valence-electron chi connectivity index (χ4n) is 1.71. The zero-order valence-corrected chi connectivity index (χ0v) is 9.56. The minimum Gasteiger partial charge on any atom is -0.480 e. The molecule has 1 heterocycles. The molecule has 0 bridgehead atoms. The van der Waals surface area contributed by atoms with Crippen molar-refractivity contribution in [3.05, 3.63) is 0 Å². The standard InChI is InChI=1S/C10H18N2O4/c1-10(2)3-4-12(6-10)9(16)11-7(5-13)8(14)15/h7,13H,3-6H2,1-2H3,(H,11,16)(H,14,15)/t7-/m0/s1. The van der Waals surface area contributed by atoms with Crippen LogP contribution in [0.15, 0.2) is 0 Å². The normalized spacial score (nSPS) is 20.6. The number of hydrogen-bond acceptors (Lipinski definition) is 3. The second-order valence-corrected chi connectivity index (χ2v) is 4.86. The summed E-state index contributed by atoms with van der Waals surface area (Å²) in [7, 11) is 0. The number of hydrogen-bond donors (Lipinski definition) is 3. The van der Waals surface area contributed by atoms with E-state index in [-0.39, 0.29) is 5.41 Å². The van der Waals surface area contributed by atoms with E-state index in [1.54, 1.807) is 4.90 Å². The van der Waals surface area contributed by atoms with Crippen molar-refractivity contribution in [2.24, 2.45) is 5.41 Å². The molecule has 16 heavy (non-hydrogen) atoms. The van der Waals surface area contributed by atoms with Gasteiger partial charge in [-0.25, -0.2) is 9.59 Å². The van der Waals surface area contributed by atoms with Gasteiger partial charge in [-0.15, -0.1) is 0 Å². The predicted octanol–water partition coefficient (Wildman–Crippen LogP) is -0.127. The molecule has 3 N–H and O–H groups in total. The van der Waals surface area contributed by atoms with Crippen LogP contribution >= 0.6 is 0 Å². The highest BCUT2D eigenvalue weighted by molar-refractivity contribution is 5.82. The Bertz CT molecular complexity index is 291. The SMILES string of the molecule is CC1(C)CCN(C(=O)N[C@@H](CO)C(=O)O)C1. The molecule has 2 amide bonds. The third-order valence-corrected chi connectivity index (χ3v) is 2.74. The summed E-state index contributed by atoms with van der Waals surface area (Å²) in [6, 6.07) is -1.65. The number of carboxylic acid groups (broad SMARTS) is 1. The zero-order chi connectivity index (χ0) is 12.3. The number of carboxylic acids is 1. The van der Waals surface area contributed by atoms with Gasteiger partial charge in [-0.2, -0.15) is 0 Å². The molecule has 0 aliphatic carbocycles. The largest absolute Gasteiger partial charge is 0.480 e. The molecule has 0 spiro atoms. The molecule has 0 saturated carbocycles. The van der Waals surface area contributed by atoms with Crippen molar-refractivity contribution < 1.29 is 19.8 Å². The van der Waals surface area contributed by atoms with Crippen LogP contribution in [0.3, 0.4) is 0 Å². The first-order valence-electron chi connectivity index (χ1n) is 5.25. The highest BCUT2D eigenvalue weighted by Crippen LogP contribution is 2.28. The van der Waals surface area contributed by atoms with Gasteiger partial charge in [-0.1, -0.05) is 13.8 Å². The van der Waals surface area contributed by atoms with Gasteiger partial charge in [0.15, 0.2) is 6.04 Å². The molecular weight excluding hydrogens is 212 g/mol. The minimum atomic E-state index is -1.23. The van der Waals surface area contributed by atoms with E-state index in [1.165, 1.54) is 0 Å². The Balaban J connectivity index is 2.50. The second-order valence-electron chi connectivity index (χ2n) is 4.86. The van der Waals surface area contributed by atoms with Crippen LogP contribution in [-0.4, -0.2) is 52.9 Å². The number of aliphatic carboxylic acids is 1. The Labute approximate surface area is 94.2 Å². The quantitative estimate of drug-likeness (QED) is 0.630. The zero-order valence-electron chi connectivity index (χ0n) is 9.56. The van der Waals surface area contributed by atoms with Crippen LogP contribution in [0.5, 0.6) is 0 Å². The Morgan fingerprint density at radius 2 is 2.12 bits per heavy atom. The van der Waals surface area contributed by atoms with Gasteiger partial charge in [0.05, 0.1) is 6.61 Å². The van der Waals surface area contributed by atoms with Crippen molar-refractivity contribution in [1.82, 2.24) is 10.2 Å². The fourth-order valence-corrected chi connectivity index (χ4v) is 1.71. The summed E-state index contributed by atoms with van der Waals surface area (Å²) in [5.41, 5.74) is 0.0786. The van der Waals surface area contributed by atoms with Crippen LogP contribution in [0.1, 0.15) is 20.3 Å². The van der Waals surface area contributed by atoms with Crippen LogP contribution in [0, 0.1) is 5.41 Å². The number of urea groups is 1. The lowest BCUT2D eigenvalue weighted by atomic mass is 9.93. The van der Waals surface area contributed by atoms with Gasteiger partial charge in [0, 0.05) is 13.1 Å². The molecule has 0 unspecified atom stereocenters. The molecule has 0 aromatic heterocycles. The van der Waals surface area contributed by atoms with Gasteiger partial charge >= 0.3 is 12.0 Å². The topological polar surface area (TPSA) is 89.9 Å². The van der Waals surface area contributed by atoms with Gasteiger partial charge in [0.1, 0.15) is 0 Å². The Morgan fingerprint density at radius 3 is 2.50 bits per heavy atom. The Morgan fingerprint density at radius 1 is 1.50 bits per heavy atom. The molecule has 0 radical (unpaired) electrons. The van der Waals surface area contributed by atoms with E-state index >= 15 is 0 Å². The van der Waals surface area contributed by atoms with Crippen LogP contribution in [-0.2, 0) is 4.79 Å². The molecule has 0 aromatic rings. The molecule has 1 saturated heterocycles. The fraction of sp³-hybridized carbons (Fsp3) is 0.800. The van der Waals surface area contributed by atoms with Crippen molar-refractivity contribution in [3.8, 4) is 0 Å². The highest BCUT2D eigenvalue weighted by atomic mass is 16.4. The summed E-state index contributed by atoms with van der Waals surface area (Å²) in [6.45, 7) is 4.74. The van der Waals surface area contributed by atoms with Crippen molar-refractivity contribution in [3.63, 3.8) is 0 Å². The van der Waals surface area contributed by atoms with Crippen LogP contribution in [0.25, 0.3) is 0 Å². The van der Waals surface area contributed by atoms with E-state index in [0.29, 0.717) is 13.1 Å². The third kappa shape index (κ3) is 3.10. The van der Waals surface area contributed by atoms with Crippen molar-refractivity contribution >= 4 is 12.0 Å². The summed E-state index contributed by atoms with van der Waals surface area (Å²) >= 11 is 0. The number of nitrogens with one attached hydrogen (secondary N) is 1. The molecular formula is C10H18N2O4. The van der Waals surface area contributed by atoms with Gasteiger partial charge < -0.3 is 20.4 Å². The van der Waals surface area contributed by atoms with Crippen molar-refractivity contribution in [1.29, 1.82) is 0 Å². The number of amides is 2. The molecule has 1 fully saturated rings. The molecule has 6 heteroatoms. The van der Waals surface area contributed by atoms with E-state index in [9.17, 15) is 9.59 Å². The Kier molecular flexibility index (Phi) is 3.74. The van der Waals surface area contributed by atoms with Crippen LogP contribution in [0.4, 0.5) is 4.79 Å².